The highest BCUT2D eigenvalue weighted by molar-refractivity contribution is 9.10. The summed E-state index contributed by atoms with van der Waals surface area (Å²) < 4.78 is 90.7. The molecule has 0 spiro atoms. The Morgan fingerprint density at radius 2 is 0.713 bits per heavy atom. The van der Waals surface area contributed by atoms with Gasteiger partial charge in [0.2, 0.25) is 12.2 Å². The molecule has 0 radical (unpaired) electrons. The number of aliphatic hydroxyl groups excluding tert-OH is 2. The number of aromatic nitrogens is 8. The van der Waals surface area contributed by atoms with Gasteiger partial charge in [-0.25, -0.2) is 18.7 Å². The maximum absolute atomic E-state index is 13.8. The maximum atomic E-state index is 13.8. The van der Waals surface area contributed by atoms with Crippen LogP contribution in [0.4, 0.5) is 26.3 Å². The minimum Gasteiger partial charge on any atom is -0.448 e. The number of alkyl halides is 6. The van der Waals surface area contributed by atoms with E-state index in [2.05, 4.69) is 47.0 Å². The number of nitrogens with one attached hydrogen (secondary N) is 4. The molecule has 11 atom stereocenters. The van der Waals surface area contributed by atoms with Gasteiger partial charge in [-0.1, -0.05) is 137 Å². The van der Waals surface area contributed by atoms with Crippen LogP contribution in [0, 0.1) is 0 Å². The van der Waals surface area contributed by atoms with Crippen molar-refractivity contribution in [3.8, 4) is 22.7 Å². The van der Waals surface area contributed by atoms with E-state index in [0.717, 1.165) is 94.6 Å². The predicted molar refractivity (Wildman–Crippen MR) is 443 cm³/mol. The van der Waals surface area contributed by atoms with Crippen LogP contribution in [0.2, 0.25) is 0 Å². The largest absolute Gasteiger partial charge is 0.471 e. The summed E-state index contributed by atoms with van der Waals surface area (Å²) in [4.78, 5) is 101. The molecule has 11 aromatic rings. The molecule has 642 valence electrons. The van der Waals surface area contributed by atoms with Gasteiger partial charge in [0.15, 0.2) is 12.2 Å². The number of rotatable bonds is 23. The van der Waals surface area contributed by atoms with Crippen LogP contribution in [-0.4, -0.2) is 156 Å². The molecule has 6 heterocycles. The van der Waals surface area contributed by atoms with Crippen LogP contribution in [0.15, 0.2) is 260 Å². The standard InChI is InChI=1S/C29H32N4O6.C25H28N4O4.C13H12F3N3O.C11H13N3.C10H9BrF3NO/c1-19(22-12-14-24(15-13-22)33-18-8-16-30-33)31-28(36)26(38-20(2)34)27(39-21(3)35)29(37)32-17-7-11-25(32)23-9-5-4-6-10-23;1-17(18-10-12-20(13-11-18)29-16-6-14-26-29)27-24(32)22(30)23(31)25(33)28-15-5-9-21(28)19-7-3-2-4-8-19;1-9(18-12(20)13(14,15)16)10-3-5-11(6-4-10)19-8-2-7-17-19;1-9(12)10-3-5-11(6-4-10)14-8-2-7-13-14;1-6(15-9(16)10(12,13)14)7-2-4-8(11)5-3-7/h4-6,8-10,12-16,18-19,25-27H,7,11,17H2,1-3H3,(H,31,36);2-4,6-8,10-14,16-17,21-23,30-31H,5,9,15H2,1H3,(H,27,32);2-9H,1H3,(H,18,20);2-9H,12H2,1H3;2-6H,1H3,(H,15,16)/t19-,25?,26?,27?;17-,21?,22?,23?;2*9-;6-/m11111/s1. The van der Waals surface area contributed by atoms with Crippen LogP contribution in [0.5, 0.6) is 0 Å². The molecule has 2 aliphatic heterocycles. The van der Waals surface area contributed by atoms with Crippen molar-refractivity contribution >= 4 is 63.3 Å². The first kappa shape index (κ1) is 93.0. The Morgan fingerprint density at radius 1 is 0.410 bits per heavy atom. The number of hydrogen-bond donors (Lipinski definition) is 7. The molecule has 2 aliphatic rings. The Balaban J connectivity index is 0.000000183. The molecule has 0 aliphatic carbocycles. The average Bonchev–Trinajstić information content (AvgIpc) is 1.60. The lowest BCUT2D eigenvalue weighted by atomic mass is 10.0. The molecule has 6 unspecified atom stereocenters. The third-order valence-corrected chi connectivity index (χ3v) is 20.1. The monoisotopic (exact) mass is 1750 g/mol. The van der Waals surface area contributed by atoms with E-state index in [1.807, 2.05) is 192 Å². The van der Waals surface area contributed by atoms with E-state index in [1.165, 1.54) is 13.8 Å². The molecule has 2 saturated heterocycles. The van der Waals surface area contributed by atoms with Gasteiger partial charge in [0.25, 0.3) is 23.6 Å². The van der Waals surface area contributed by atoms with Gasteiger partial charge >= 0.3 is 36.1 Å². The van der Waals surface area contributed by atoms with E-state index in [-0.39, 0.29) is 18.1 Å². The van der Waals surface area contributed by atoms with Crippen molar-refractivity contribution < 1.29 is 84.4 Å². The zero-order valence-electron chi connectivity index (χ0n) is 67.5. The zero-order chi connectivity index (χ0) is 88.4. The van der Waals surface area contributed by atoms with Crippen molar-refractivity contribution in [1.29, 1.82) is 0 Å². The van der Waals surface area contributed by atoms with Gasteiger partial charge in [0.05, 0.1) is 59.0 Å². The molecule has 0 saturated carbocycles. The van der Waals surface area contributed by atoms with Crippen LogP contribution in [-0.2, 0) is 47.8 Å². The van der Waals surface area contributed by atoms with E-state index < -0.39 is 108 Å². The second kappa shape index (κ2) is 43.9. The lowest BCUT2D eigenvalue weighted by molar-refractivity contribution is -0.178. The SMILES string of the molecule is CC(=O)OC(C(=O)N[C@H](C)c1ccc(-n2cccn2)cc1)C(OC(C)=O)C(=O)N1CCCC1c1ccccc1.C[C@@H](N)c1ccc(-n2cccn2)cc1.C[C@@H](NC(=O)C(F)(F)F)c1ccc(-n2cccn2)cc1.C[C@@H](NC(=O)C(F)(F)F)c1ccc(Br)cc1.C[C@@H](NC(=O)C(O)C(O)C(=O)N1CCCC1c1ccccc1)c1ccc(-n2cccn2)cc1. The Labute approximate surface area is 708 Å². The van der Waals surface area contributed by atoms with Gasteiger partial charge in [-0.2, -0.15) is 46.7 Å². The third kappa shape index (κ3) is 26.5. The van der Waals surface area contributed by atoms with Gasteiger partial charge in [-0.05, 0) is 184 Å². The number of halogens is 7. The van der Waals surface area contributed by atoms with E-state index in [1.54, 1.807) is 123 Å². The van der Waals surface area contributed by atoms with E-state index in [9.17, 15) is 74.9 Å². The number of likely N-dealkylation sites (tertiary alicyclic amines) is 2. The van der Waals surface area contributed by atoms with Gasteiger partial charge in [-0.3, -0.25) is 38.4 Å². The number of nitrogens with two attached hydrogens (primary N) is 1. The fourth-order valence-electron chi connectivity index (χ4n) is 13.2. The minimum atomic E-state index is -4.87. The normalized spacial score (nSPS) is 15.8. The second-order valence-corrected chi connectivity index (χ2v) is 29.4. The Kier molecular flexibility index (Phi) is 33.4. The lowest BCUT2D eigenvalue weighted by Crippen LogP contribution is -2.54. The van der Waals surface area contributed by atoms with Gasteiger partial charge < -0.3 is 56.5 Å². The summed E-state index contributed by atoms with van der Waals surface area (Å²) in [5.74, 6) is -8.19. The quantitative estimate of drug-likeness (QED) is 0.0231. The second-order valence-electron chi connectivity index (χ2n) is 28.5. The first-order chi connectivity index (χ1) is 58.1. The Hall–Kier alpha value is -12.9. The molecule has 7 aromatic carbocycles. The highest BCUT2D eigenvalue weighted by Gasteiger charge is 2.46. The highest BCUT2D eigenvalue weighted by atomic mass is 79.9. The summed E-state index contributed by atoms with van der Waals surface area (Å²) in [6, 6.07) is 60.1. The number of nitrogens with zero attached hydrogens (tertiary/aromatic N) is 10. The average molecular weight is 1750 g/mol. The van der Waals surface area contributed by atoms with E-state index in [4.69, 9.17) is 15.2 Å². The van der Waals surface area contributed by atoms with Gasteiger partial charge in [0.1, 0.15) is 0 Å². The number of esters is 2. The summed E-state index contributed by atoms with van der Waals surface area (Å²) in [5.41, 5.74) is 15.2. The number of amides is 6. The number of benzene rings is 7. The summed E-state index contributed by atoms with van der Waals surface area (Å²) in [6.07, 6.45) is 0.407. The van der Waals surface area contributed by atoms with Crippen LogP contribution in [0.3, 0.4) is 0 Å². The van der Waals surface area contributed by atoms with Crippen molar-refractivity contribution in [2.45, 2.75) is 153 Å². The summed E-state index contributed by atoms with van der Waals surface area (Å²) in [7, 11) is 0. The molecule has 13 rings (SSSR count). The Bertz CT molecular complexity index is 5140. The number of ether oxygens (including phenoxy) is 2. The fourth-order valence-corrected chi connectivity index (χ4v) is 13.4. The van der Waals surface area contributed by atoms with Crippen molar-refractivity contribution in [1.82, 2.24) is 70.2 Å². The van der Waals surface area contributed by atoms with Crippen LogP contribution < -0.4 is 27.0 Å². The molecule has 34 heteroatoms. The van der Waals surface area contributed by atoms with Crippen LogP contribution in [0.25, 0.3) is 22.7 Å². The number of carbonyl (C=O) groups is 8. The van der Waals surface area contributed by atoms with Crippen molar-refractivity contribution in [2.24, 2.45) is 5.73 Å². The Morgan fingerprint density at radius 3 is 1.02 bits per heavy atom. The number of aliphatic hydroxyl groups is 2. The molecular weight excluding hydrogens is 1650 g/mol. The maximum Gasteiger partial charge on any atom is 0.471 e. The molecular formula is C88H94BrF6N15O12. The van der Waals surface area contributed by atoms with Crippen LogP contribution >= 0.6 is 15.9 Å². The molecule has 27 nitrogen and oxygen atoms in total. The topological polar surface area (TPSA) is 347 Å². The zero-order valence-corrected chi connectivity index (χ0v) is 69.1. The predicted octanol–water partition coefficient (Wildman–Crippen LogP) is 13.1. The fraction of sp³-hybridized carbons (Fsp3) is 0.295. The van der Waals surface area contributed by atoms with E-state index in [0.29, 0.717) is 24.2 Å². The molecule has 6 amide bonds. The molecule has 122 heavy (non-hydrogen) atoms. The lowest BCUT2D eigenvalue weighted by Gasteiger charge is -2.32. The summed E-state index contributed by atoms with van der Waals surface area (Å²) >= 11 is 3.21. The molecule has 4 aromatic heterocycles. The van der Waals surface area contributed by atoms with Crippen molar-refractivity contribution in [3.05, 3.63) is 299 Å². The molecule has 8 N–H and O–H groups in total. The van der Waals surface area contributed by atoms with Gasteiger partial charge in [0, 0.05) is 87.0 Å². The molecule has 2 fully saturated rings. The first-order valence-electron chi connectivity index (χ1n) is 38.8. The summed E-state index contributed by atoms with van der Waals surface area (Å²) in [5, 5.41) is 46.7. The number of hydrogen-bond acceptors (Lipinski definition) is 17. The van der Waals surface area contributed by atoms with Gasteiger partial charge in [-0.15, -0.1) is 0 Å². The van der Waals surface area contributed by atoms with E-state index >= 15 is 0 Å². The summed E-state index contributed by atoms with van der Waals surface area (Å²) in [6.45, 7) is 11.7. The first-order valence-corrected chi connectivity index (χ1v) is 39.6. The van der Waals surface area contributed by atoms with Crippen molar-refractivity contribution in [3.63, 3.8) is 0 Å². The van der Waals surface area contributed by atoms with Crippen LogP contribution in [0.1, 0.15) is 155 Å². The smallest absolute Gasteiger partial charge is 0.448 e. The minimum absolute atomic E-state index is 0.0849. The van der Waals surface area contributed by atoms with Crippen molar-refractivity contribution in [2.75, 3.05) is 13.1 Å². The molecule has 0 bridgehead atoms. The highest BCUT2D eigenvalue weighted by Crippen LogP contribution is 2.35. The number of carbonyl (C=O) groups excluding carboxylic acids is 8. The third-order valence-electron chi connectivity index (χ3n) is 19.6.